The maximum absolute atomic E-state index is 12.8. The molecule has 4 heteroatoms. The third-order valence-corrected chi connectivity index (χ3v) is 3.40. The first kappa shape index (κ1) is 15.9. The summed E-state index contributed by atoms with van der Waals surface area (Å²) in [7, 11) is 0. The van der Waals surface area contributed by atoms with Gasteiger partial charge in [-0.15, -0.1) is 0 Å². The normalized spacial score (nSPS) is 10.3. The molecule has 3 nitrogen and oxygen atoms in total. The van der Waals surface area contributed by atoms with E-state index in [0.29, 0.717) is 5.56 Å². The Kier molecular flexibility index (Phi) is 5.04. The number of hydrogen-bond acceptors (Lipinski definition) is 2. The Morgan fingerprint density at radius 3 is 2.32 bits per heavy atom. The monoisotopic (exact) mass is 299 g/mol. The molecule has 2 aromatic carbocycles. The number of carbonyl (C=O) groups excluding carboxylic acids is 2. The van der Waals surface area contributed by atoms with Crippen molar-refractivity contribution >= 4 is 17.4 Å². The molecule has 114 valence electrons. The zero-order valence-corrected chi connectivity index (χ0v) is 12.7. The minimum atomic E-state index is -0.385. The Morgan fingerprint density at radius 1 is 1.00 bits per heavy atom. The molecule has 22 heavy (non-hydrogen) atoms. The molecule has 0 saturated heterocycles. The first-order valence-corrected chi connectivity index (χ1v) is 7.11. The van der Waals surface area contributed by atoms with E-state index in [4.69, 9.17) is 0 Å². The summed E-state index contributed by atoms with van der Waals surface area (Å²) in [5.74, 6) is -0.762. The Morgan fingerprint density at radius 2 is 1.68 bits per heavy atom. The number of nitrogens with one attached hydrogen (secondary N) is 1. The fourth-order valence-corrected chi connectivity index (χ4v) is 2.17. The van der Waals surface area contributed by atoms with Gasteiger partial charge in [-0.2, -0.15) is 0 Å². The van der Waals surface area contributed by atoms with Crippen molar-refractivity contribution in [2.75, 3.05) is 5.32 Å². The van der Waals surface area contributed by atoms with Crippen LogP contribution in [0.4, 0.5) is 10.1 Å². The van der Waals surface area contributed by atoms with Crippen LogP contribution in [0.3, 0.4) is 0 Å². The first-order valence-electron chi connectivity index (χ1n) is 7.11. The van der Waals surface area contributed by atoms with E-state index in [0.717, 1.165) is 16.8 Å². The quantitative estimate of drug-likeness (QED) is 0.847. The second kappa shape index (κ2) is 6.98. The molecule has 2 rings (SSSR count). The van der Waals surface area contributed by atoms with Gasteiger partial charge in [-0.1, -0.05) is 17.7 Å². The van der Waals surface area contributed by atoms with E-state index in [1.54, 1.807) is 0 Å². The minimum absolute atomic E-state index is 0.0996. The molecule has 0 fully saturated rings. The van der Waals surface area contributed by atoms with Gasteiger partial charge in [-0.25, -0.2) is 4.39 Å². The number of amides is 1. The fraction of sp³-hybridized carbons (Fsp3) is 0.222. The molecule has 0 heterocycles. The number of ketones is 1. The lowest BCUT2D eigenvalue weighted by molar-refractivity contribution is -0.116. The summed E-state index contributed by atoms with van der Waals surface area (Å²) >= 11 is 0. The number of rotatable bonds is 5. The minimum Gasteiger partial charge on any atom is -0.326 e. The van der Waals surface area contributed by atoms with Crippen LogP contribution in [0.2, 0.25) is 0 Å². The Balaban J connectivity index is 1.89. The molecular formula is C18H18FNO2. The van der Waals surface area contributed by atoms with Crippen LogP contribution in [0, 0.1) is 19.7 Å². The number of aryl methyl sites for hydroxylation is 2. The summed E-state index contributed by atoms with van der Waals surface area (Å²) in [6.07, 6.45) is 0.200. The van der Waals surface area contributed by atoms with E-state index in [1.165, 1.54) is 24.3 Å². The summed E-state index contributed by atoms with van der Waals surface area (Å²) in [4.78, 5) is 23.8. The van der Waals surface area contributed by atoms with Crippen LogP contribution in [0.15, 0.2) is 42.5 Å². The van der Waals surface area contributed by atoms with E-state index in [2.05, 4.69) is 5.32 Å². The lowest BCUT2D eigenvalue weighted by Gasteiger charge is -2.09. The van der Waals surface area contributed by atoms with Crippen LogP contribution in [0.5, 0.6) is 0 Å². The van der Waals surface area contributed by atoms with Gasteiger partial charge in [0.05, 0.1) is 0 Å². The average molecular weight is 299 g/mol. The van der Waals surface area contributed by atoms with Crippen LogP contribution in [0.25, 0.3) is 0 Å². The SMILES string of the molecule is Cc1ccc(NC(=O)CCC(=O)c2ccc(F)cc2)c(C)c1. The highest BCUT2D eigenvalue weighted by Gasteiger charge is 2.10. The predicted octanol–water partition coefficient (Wildman–Crippen LogP) is 4.04. The predicted molar refractivity (Wildman–Crippen MR) is 84.5 cm³/mol. The third kappa shape index (κ3) is 4.25. The van der Waals surface area contributed by atoms with Crippen molar-refractivity contribution in [1.29, 1.82) is 0 Å². The van der Waals surface area contributed by atoms with Crippen molar-refractivity contribution in [3.05, 3.63) is 65.0 Å². The van der Waals surface area contributed by atoms with Crippen molar-refractivity contribution in [2.45, 2.75) is 26.7 Å². The third-order valence-electron chi connectivity index (χ3n) is 3.40. The van der Waals surface area contributed by atoms with Gasteiger partial charge >= 0.3 is 0 Å². The molecule has 1 amide bonds. The van der Waals surface area contributed by atoms with Gasteiger partial charge in [0.25, 0.3) is 0 Å². The van der Waals surface area contributed by atoms with Gasteiger partial charge in [-0.3, -0.25) is 9.59 Å². The smallest absolute Gasteiger partial charge is 0.224 e. The van der Waals surface area contributed by atoms with Gasteiger partial charge in [0, 0.05) is 24.1 Å². The zero-order valence-electron chi connectivity index (χ0n) is 12.7. The van der Waals surface area contributed by atoms with Crippen molar-refractivity contribution in [1.82, 2.24) is 0 Å². The molecule has 0 radical (unpaired) electrons. The molecule has 0 aliphatic rings. The number of benzene rings is 2. The van der Waals surface area contributed by atoms with Crippen molar-refractivity contribution in [3.8, 4) is 0 Å². The van der Waals surface area contributed by atoms with E-state index >= 15 is 0 Å². The van der Waals surface area contributed by atoms with Gasteiger partial charge < -0.3 is 5.32 Å². The molecule has 0 saturated carbocycles. The van der Waals surface area contributed by atoms with E-state index in [1.807, 2.05) is 32.0 Å². The summed E-state index contributed by atoms with van der Waals surface area (Å²) < 4.78 is 12.8. The molecule has 0 aliphatic heterocycles. The molecule has 1 N–H and O–H groups in total. The zero-order chi connectivity index (χ0) is 16.1. The van der Waals surface area contributed by atoms with E-state index in [9.17, 15) is 14.0 Å². The summed E-state index contributed by atoms with van der Waals surface area (Å²) in [6, 6.07) is 11.1. The van der Waals surface area contributed by atoms with Crippen molar-refractivity contribution < 1.29 is 14.0 Å². The van der Waals surface area contributed by atoms with E-state index < -0.39 is 0 Å². The molecule has 0 aromatic heterocycles. The molecule has 0 bridgehead atoms. The molecule has 0 spiro atoms. The molecule has 0 aliphatic carbocycles. The van der Waals surface area contributed by atoms with Crippen LogP contribution >= 0.6 is 0 Å². The second-order valence-corrected chi connectivity index (χ2v) is 5.30. The Labute approximate surface area is 129 Å². The van der Waals surface area contributed by atoms with Gasteiger partial charge in [0.15, 0.2) is 5.78 Å². The van der Waals surface area contributed by atoms with Crippen LogP contribution in [0.1, 0.15) is 34.3 Å². The average Bonchev–Trinajstić information content (AvgIpc) is 2.48. The Bertz CT molecular complexity index is 693. The molecule has 0 atom stereocenters. The highest BCUT2D eigenvalue weighted by atomic mass is 19.1. The van der Waals surface area contributed by atoms with Gasteiger partial charge in [0.1, 0.15) is 5.82 Å². The maximum atomic E-state index is 12.8. The van der Waals surface area contributed by atoms with Crippen LogP contribution in [-0.2, 0) is 4.79 Å². The molecular weight excluding hydrogens is 281 g/mol. The highest BCUT2D eigenvalue weighted by Crippen LogP contribution is 2.16. The summed E-state index contributed by atoms with van der Waals surface area (Å²) in [5.41, 5.74) is 3.28. The Hall–Kier alpha value is -2.49. The van der Waals surface area contributed by atoms with Gasteiger partial charge in [-0.05, 0) is 49.7 Å². The molecule has 2 aromatic rings. The largest absolute Gasteiger partial charge is 0.326 e. The van der Waals surface area contributed by atoms with E-state index in [-0.39, 0.29) is 30.3 Å². The number of halogens is 1. The number of anilines is 1. The lowest BCUT2D eigenvalue weighted by atomic mass is 10.1. The van der Waals surface area contributed by atoms with Crippen LogP contribution in [-0.4, -0.2) is 11.7 Å². The van der Waals surface area contributed by atoms with Crippen molar-refractivity contribution in [3.63, 3.8) is 0 Å². The topological polar surface area (TPSA) is 46.2 Å². The second-order valence-electron chi connectivity index (χ2n) is 5.30. The highest BCUT2D eigenvalue weighted by molar-refractivity contribution is 6.00. The fourth-order valence-electron chi connectivity index (χ4n) is 2.17. The molecule has 0 unspecified atom stereocenters. The van der Waals surface area contributed by atoms with Gasteiger partial charge in [0.2, 0.25) is 5.91 Å². The lowest BCUT2D eigenvalue weighted by Crippen LogP contribution is -2.14. The summed E-state index contributed by atoms with van der Waals surface area (Å²) in [5, 5.41) is 2.80. The number of Topliss-reactive ketones (excluding diaryl/α,β-unsaturated/α-hetero) is 1. The number of carbonyl (C=O) groups is 2. The standard InChI is InChI=1S/C18H18FNO2/c1-12-3-8-16(13(2)11-12)20-18(22)10-9-17(21)14-4-6-15(19)7-5-14/h3-8,11H,9-10H2,1-2H3,(H,20,22). The number of hydrogen-bond donors (Lipinski definition) is 1. The van der Waals surface area contributed by atoms with Crippen LogP contribution < -0.4 is 5.32 Å². The summed E-state index contributed by atoms with van der Waals surface area (Å²) in [6.45, 7) is 3.91. The van der Waals surface area contributed by atoms with Crippen molar-refractivity contribution in [2.24, 2.45) is 0 Å². The first-order chi connectivity index (χ1) is 10.5. The maximum Gasteiger partial charge on any atom is 0.224 e.